The third kappa shape index (κ3) is 4.65. The van der Waals surface area contributed by atoms with Crippen LogP contribution in [0, 0.1) is 0 Å². The van der Waals surface area contributed by atoms with Gasteiger partial charge in [-0.3, -0.25) is 4.79 Å². The molecule has 2 aliphatic heterocycles. The molecule has 140 valence electrons. The van der Waals surface area contributed by atoms with Crippen molar-refractivity contribution in [1.29, 1.82) is 0 Å². The standard InChI is InChI=1S/C16H22ClN3O3S.ClH/c17-13-4-3-5-14(12-13)24(22,23)20-10-8-19(9-11-20)16(21)15-6-1-2-7-18-15;/h3-5,12,15,18H,1-2,6-11H2;1H. The van der Waals surface area contributed by atoms with Crippen molar-refractivity contribution in [1.82, 2.24) is 14.5 Å². The molecule has 0 aromatic heterocycles. The molecule has 2 heterocycles. The summed E-state index contributed by atoms with van der Waals surface area (Å²) < 4.78 is 26.8. The molecule has 1 amide bonds. The first-order valence-corrected chi connectivity index (χ1v) is 10.1. The molecule has 0 aliphatic carbocycles. The van der Waals surface area contributed by atoms with Crippen molar-refractivity contribution in [2.24, 2.45) is 0 Å². The van der Waals surface area contributed by atoms with Crippen molar-refractivity contribution < 1.29 is 13.2 Å². The number of benzene rings is 1. The third-order valence-electron chi connectivity index (χ3n) is 4.59. The van der Waals surface area contributed by atoms with Gasteiger partial charge in [0.1, 0.15) is 0 Å². The Hall–Kier alpha value is -0.860. The number of piperazine rings is 1. The fourth-order valence-electron chi connectivity index (χ4n) is 3.21. The van der Waals surface area contributed by atoms with E-state index in [9.17, 15) is 13.2 Å². The average molecular weight is 408 g/mol. The molecular weight excluding hydrogens is 385 g/mol. The van der Waals surface area contributed by atoms with Gasteiger partial charge in [-0.2, -0.15) is 4.31 Å². The van der Waals surface area contributed by atoms with Gasteiger partial charge in [0.2, 0.25) is 15.9 Å². The van der Waals surface area contributed by atoms with Crippen LogP contribution in [-0.2, 0) is 14.8 Å². The van der Waals surface area contributed by atoms with Gasteiger partial charge in [0.25, 0.3) is 0 Å². The van der Waals surface area contributed by atoms with Crippen LogP contribution >= 0.6 is 24.0 Å². The van der Waals surface area contributed by atoms with Gasteiger partial charge in [-0.1, -0.05) is 24.1 Å². The maximum Gasteiger partial charge on any atom is 0.243 e. The van der Waals surface area contributed by atoms with Crippen molar-refractivity contribution in [3.05, 3.63) is 29.3 Å². The first-order chi connectivity index (χ1) is 11.5. The quantitative estimate of drug-likeness (QED) is 0.827. The van der Waals surface area contributed by atoms with E-state index in [1.807, 2.05) is 0 Å². The summed E-state index contributed by atoms with van der Waals surface area (Å²) in [6, 6.07) is 6.17. The number of sulfonamides is 1. The molecule has 2 saturated heterocycles. The van der Waals surface area contributed by atoms with E-state index in [2.05, 4.69) is 5.32 Å². The van der Waals surface area contributed by atoms with Crippen molar-refractivity contribution in [2.45, 2.75) is 30.2 Å². The van der Waals surface area contributed by atoms with Gasteiger partial charge in [-0.25, -0.2) is 8.42 Å². The molecule has 0 bridgehead atoms. The lowest BCUT2D eigenvalue weighted by molar-refractivity contribution is -0.135. The van der Waals surface area contributed by atoms with Gasteiger partial charge in [-0.15, -0.1) is 12.4 Å². The second-order valence-corrected chi connectivity index (χ2v) is 8.56. The van der Waals surface area contributed by atoms with Crippen LogP contribution in [0.15, 0.2) is 29.2 Å². The molecule has 0 radical (unpaired) electrons. The maximum absolute atomic E-state index is 12.7. The second-order valence-electron chi connectivity index (χ2n) is 6.19. The number of piperidine rings is 1. The zero-order chi connectivity index (χ0) is 17.2. The topological polar surface area (TPSA) is 69.7 Å². The highest BCUT2D eigenvalue weighted by molar-refractivity contribution is 7.89. The number of amides is 1. The van der Waals surface area contributed by atoms with Gasteiger partial charge in [-0.05, 0) is 37.6 Å². The Labute approximate surface area is 160 Å². The molecule has 1 aromatic carbocycles. The van der Waals surface area contributed by atoms with Crippen LogP contribution in [0.2, 0.25) is 5.02 Å². The number of carbonyl (C=O) groups excluding carboxylic acids is 1. The van der Waals surface area contributed by atoms with E-state index in [0.29, 0.717) is 31.2 Å². The number of hydrogen-bond donors (Lipinski definition) is 1. The second kappa shape index (κ2) is 8.68. The van der Waals surface area contributed by atoms with Crippen molar-refractivity contribution >= 4 is 39.9 Å². The van der Waals surface area contributed by atoms with Crippen LogP contribution in [-0.4, -0.2) is 62.3 Å². The molecule has 6 nitrogen and oxygen atoms in total. The summed E-state index contributed by atoms with van der Waals surface area (Å²) in [4.78, 5) is 14.5. The summed E-state index contributed by atoms with van der Waals surface area (Å²) in [6.45, 7) is 2.35. The van der Waals surface area contributed by atoms with E-state index >= 15 is 0 Å². The Morgan fingerprint density at radius 3 is 2.48 bits per heavy atom. The number of nitrogens with one attached hydrogen (secondary N) is 1. The highest BCUT2D eigenvalue weighted by atomic mass is 35.5. The minimum absolute atomic E-state index is 0. The molecule has 1 unspecified atom stereocenters. The normalized spacial score (nSPS) is 22.3. The molecule has 3 rings (SSSR count). The number of rotatable bonds is 3. The van der Waals surface area contributed by atoms with Crippen molar-refractivity contribution in [3.63, 3.8) is 0 Å². The predicted octanol–water partition coefficient (Wildman–Crippen LogP) is 1.74. The lowest BCUT2D eigenvalue weighted by atomic mass is 10.0. The molecule has 9 heteroatoms. The molecule has 2 aliphatic rings. The van der Waals surface area contributed by atoms with E-state index in [-0.39, 0.29) is 29.3 Å². The summed E-state index contributed by atoms with van der Waals surface area (Å²) in [5, 5.41) is 3.65. The van der Waals surface area contributed by atoms with E-state index in [0.717, 1.165) is 25.8 Å². The number of halogens is 2. The minimum Gasteiger partial charge on any atom is -0.339 e. The Kier molecular flexibility index (Phi) is 7.10. The van der Waals surface area contributed by atoms with E-state index < -0.39 is 10.0 Å². The summed E-state index contributed by atoms with van der Waals surface area (Å²) in [5.74, 6) is 0.0921. The fraction of sp³-hybridized carbons (Fsp3) is 0.562. The SMILES string of the molecule is Cl.O=C(C1CCCCN1)N1CCN(S(=O)(=O)c2cccc(Cl)c2)CC1. The van der Waals surface area contributed by atoms with Crippen LogP contribution < -0.4 is 5.32 Å². The van der Waals surface area contributed by atoms with Gasteiger partial charge >= 0.3 is 0 Å². The molecule has 0 saturated carbocycles. The fourth-order valence-corrected chi connectivity index (χ4v) is 4.93. The van der Waals surface area contributed by atoms with Crippen LogP contribution in [0.4, 0.5) is 0 Å². The summed E-state index contributed by atoms with van der Waals surface area (Å²) in [7, 11) is -3.56. The average Bonchev–Trinajstić information content (AvgIpc) is 2.62. The monoisotopic (exact) mass is 407 g/mol. The third-order valence-corrected chi connectivity index (χ3v) is 6.72. The van der Waals surface area contributed by atoms with E-state index in [1.165, 1.54) is 10.4 Å². The molecular formula is C16H23Cl2N3O3S. The van der Waals surface area contributed by atoms with Crippen LogP contribution in [0.1, 0.15) is 19.3 Å². The first kappa shape index (κ1) is 20.5. The van der Waals surface area contributed by atoms with Crippen molar-refractivity contribution in [2.75, 3.05) is 32.7 Å². The summed E-state index contributed by atoms with van der Waals surface area (Å²) in [5.41, 5.74) is 0. The zero-order valence-electron chi connectivity index (χ0n) is 13.9. The summed E-state index contributed by atoms with van der Waals surface area (Å²) in [6.07, 6.45) is 3.03. The Morgan fingerprint density at radius 1 is 1.16 bits per heavy atom. The smallest absolute Gasteiger partial charge is 0.243 e. The van der Waals surface area contributed by atoms with E-state index in [4.69, 9.17) is 11.6 Å². The Bertz CT molecular complexity index is 700. The lowest BCUT2D eigenvalue weighted by Crippen LogP contribution is -2.55. The molecule has 25 heavy (non-hydrogen) atoms. The number of hydrogen-bond acceptors (Lipinski definition) is 4. The minimum atomic E-state index is -3.56. The lowest BCUT2D eigenvalue weighted by Gasteiger charge is -2.36. The Morgan fingerprint density at radius 2 is 1.88 bits per heavy atom. The highest BCUT2D eigenvalue weighted by Crippen LogP contribution is 2.21. The van der Waals surface area contributed by atoms with Crippen LogP contribution in [0.25, 0.3) is 0 Å². The maximum atomic E-state index is 12.7. The zero-order valence-corrected chi connectivity index (χ0v) is 16.2. The molecule has 0 spiro atoms. The first-order valence-electron chi connectivity index (χ1n) is 8.26. The number of carbonyl (C=O) groups is 1. The highest BCUT2D eigenvalue weighted by Gasteiger charge is 2.32. The molecule has 1 N–H and O–H groups in total. The van der Waals surface area contributed by atoms with Gasteiger partial charge < -0.3 is 10.2 Å². The van der Waals surface area contributed by atoms with Crippen LogP contribution in [0.5, 0.6) is 0 Å². The van der Waals surface area contributed by atoms with Gasteiger partial charge in [0.05, 0.1) is 10.9 Å². The Balaban J connectivity index is 0.00000225. The van der Waals surface area contributed by atoms with Crippen LogP contribution in [0.3, 0.4) is 0 Å². The molecule has 1 aromatic rings. The molecule has 2 fully saturated rings. The van der Waals surface area contributed by atoms with Crippen molar-refractivity contribution in [3.8, 4) is 0 Å². The predicted molar refractivity (Wildman–Crippen MR) is 99.7 cm³/mol. The van der Waals surface area contributed by atoms with Gasteiger partial charge in [0, 0.05) is 31.2 Å². The molecule has 1 atom stereocenters. The van der Waals surface area contributed by atoms with E-state index in [1.54, 1.807) is 23.1 Å². The van der Waals surface area contributed by atoms with Gasteiger partial charge in [0.15, 0.2) is 0 Å². The number of nitrogens with zero attached hydrogens (tertiary/aromatic N) is 2. The summed E-state index contributed by atoms with van der Waals surface area (Å²) >= 11 is 5.90. The largest absolute Gasteiger partial charge is 0.339 e.